The number of rotatable bonds is 3. The Bertz CT molecular complexity index is 1320. The molecule has 0 saturated heterocycles. The Labute approximate surface area is 235 Å². The van der Waals surface area contributed by atoms with Gasteiger partial charge in [0.25, 0.3) is 0 Å². The van der Waals surface area contributed by atoms with Gasteiger partial charge in [-0.2, -0.15) is 0 Å². The first-order valence-corrected chi connectivity index (χ1v) is 14.0. The third-order valence-electron chi connectivity index (χ3n) is 8.82. The van der Waals surface area contributed by atoms with Crippen LogP contribution in [0.1, 0.15) is 81.9 Å². The Morgan fingerprint density at radius 1 is 1.07 bits per heavy atom. The first-order valence-electron chi connectivity index (χ1n) is 14.0. The lowest BCUT2D eigenvalue weighted by Crippen LogP contribution is -2.74. The van der Waals surface area contributed by atoms with Gasteiger partial charge in [-0.05, 0) is 76.6 Å². The average Bonchev–Trinajstić information content (AvgIpc) is 2.79. The third kappa shape index (κ3) is 4.42. The Balaban J connectivity index is 1.87. The van der Waals surface area contributed by atoms with E-state index in [2.05, 4.69) is 5.32 Å². The zero-order chi connectivity index (χ0) is 30.3. The Hall–Kier alpha value is -2.91. The van der Waals surface area contributed by atoms with Gasteiger partial charge in [-0.15, -0.1) is 0 Å². The molecule has 1 aromatic rings. The fourth-order valence-electron chi connectivity index (χ4n) is 7.06. The molecule has 2 unspecified atom stereocenters. The molecule has 0 aliphatic heterocycles. The standard InChI is InChI=1S/C31H42N2O7/c1-10-14-12-18(29(2,3)4)23(34)20-16(14)11-15-13-17-22(33(8)9)25(36)21(28(39)32-30(5,6)7)27(38)31(17,40)26(37)19(15)24(20)35/h12,15,17,19,21-22,34,40H,10-11,13H2,1-9H3,(H,32,39)/t15-,17-,19?,21?,22-,31-/m1/s1. The summed E-state index contributed by atoms with van der Waals surface area (Å²) in [5, 5.41) is 25.9. The highest BCUT2D eigenvalue weighted by molar-refractivity contribution is 6.32. The van der Waals surface area contributed by atoms with Crippen LogP contribution in [0, 0.1) is 23.7 Å². The van der Waals surface area contributed by atoms with E-state index in [0.717, 1.165) is 5.56 Å². The van der Waals surface area contributed by atoms with E-state index in [-0.39, 0.29) is 17.7 Å². The lowest BCUT2D eigenvalue weighted by atomic mass is 9.52. The molecule has 0 radical (unpaired) electrons. The number of fused-ring (bicyclic) bond motifs is 3. The number of phenolic OH excluding ortho intramolecular Hbond substituents is 1. The van der Waals surface area contributed by atoms with E-state index >= 15 is 0 Å². The molecule has 3 aliphatic carbocycles. The predicted molar refractivity (Wildman–Crippen MR) is 148 cm³/mol. The van der Waals surface area contributed by atoms with Gasteiger partial charge in [0.05, 0.1) is 17.5 Å². The summed E-state index contributed by atoms with van der Waals surface area (Å²) in [5.41, 5.74) is -1.71. The molecule has 4 rings (SSSR count). The van der Waals surface area contributed by atoms with E-state index in [0.29, 0.717) is 24.0 Å². The fourth-order valence-corrected chi connectivity index (χ4v) is 7.06. The number of hydrogen-bond acceptors (Lipinski definition) is 8. The minimum Gasteiger partial charge on any atom is -0.507 e. The molecule has 1 aromatic carbocycles. The molecule has 2 fully saturated rings. The van der Waals surface area contributed by atoms with E-state index in [1.54, 1.807) is 34.9 Å². The molecule has 0 aromatic heterocycles. The van der Waals surface area contributed by atoms with Gasteiger partial charge in [0.1, 0.15) is 5.75 Å². The molecule has 6 atom stereocenters. The maximum absolute atomic E-state index is 14.2. The highest BCUT2D eigenvalue weighted by Gasteiger charge is 2.69. The van der Waals surface area contributed by atoms with Crippen LogP contribution in [0.2, 0.25) is 0 Å². The molecule has 3 N–H and O–H groups in total. The lowest BCUT2D eigenvalue weighted by Gasteiger charge is -2.52. The summed E-state index contributed by atoms with van der Waals surface area (Å²) in [6, 6.07) is 0.833. The smallest absolute Gasteiger partial charge is 0.238 e. The van der Waals surface area contributed by atoms with Gasteiger partial charge < -0.3 is 15.5 Å². The van der Waals surface area contributed by atoms with Crippen molar-refractivity contribution in [3.05, 3.63) is 28.3 Å². The molecule has 40 heavy (non-hydrogen) atoms. The molecule has 0 spiro atoms. The average molecular weight is 555 g/mol. The molecule has 0 bridgehead atoms. The maximum Gasteiger partial charge on any atom is 0.238 e. The van der Waals surface area contributed by atoms with Gasteiger partial charge in [0, 0.05) is 17.0 Å². The van der Waals surface area contributed by atoms with Crippen LogP contribution in [0.25, 0.3) is 0 Å². The number of aryl methyl sites for hydroxylation is 1. The maximum atomic E-state index is 14.2. The summed E-state index contributed by atoms with van der Waals surface area (Å²) in [7, 11) is 3.22. The van der Waals surface area contributed by atoms with Crippen molar-refractivity contribution in [3.63, 3.8) is 0 Å². The number of amides is 1. The molecular formula is C31H42N2O7. The van der Waals surface area contributed by atoms with E-state index in [1.165, 1.54) is 4.90 Å². The molecular weight excluding hydrogens is 512 g/mol. The van der Waals surface area contributed by atoms with Crippen LogP contribution in [-0.4, -0.2) is 75.4 Å². The minimum atomic E-state index is -2.69. The van der Waals surface area contributed by atoms with Crippen LogP contribution >= 0.6 is 0 Å². The largest absolute Gasteiger partial charge is 0.507 e. The van der Waals surface area contributed by atoms with Crippen LogP contribution < -0.4 is 5.32 Å². The normalized spacial score (nSPS) is 30.6. The zero-order valence-electron chi connectivity index (χ0n) is 25.0. The van der Waals surface area contributed by atoms with Gasteiger partial charge in [-0.25, -0.2) is 0 Å². The number of nitrogens with one attached hydrogen (secondary N) is 1. The quantitative estimate of drug-likeness (QED) is 0.483. The van der Waals surface area contributed by atoms with Crippen LogP contribution in [0.3, 0.4) is 0 Å². The van der Waals surface area contributed by atoms with Crippen molar-refractivity contribution in [1.29, 1.82) is 0 Å². The number of nitrogens with zero attached hydrogens (tertiary/aromatic N) is 1. The van der Waals surface area contributed by atoms with Crippen molar-refractivity contribution < 1.29 is 34.2 Å². The lowest BCUT2D eigenvalue weighted by molar-refractivity contribution is -0.181. The number of benzene rings is 1. The predicted octanol–water partition coefficient (Wildman–Crippen LogP) is 2.16. The van der Waals surface area contributed by atoms with E-state index < -0.39 is 75.3 Å². The van der Waals surface area contributed by atoms with Gasteiger partial charge in [0.15, 0.2) is 34.7 Å². The van der Waals surface area contributed by atoms with E-state index in [9.17, 15) is 34.2 Å². The number of aromatic hydroxyl groups is 1. The number of ketones is 4. The first-order chi connectivity index (χ1) is 18.3. The van der Waals surface area contributed by atoms with Gasteiger partial charge in [-0.1, -0.05) is 33.8 Å². The number of carbonyl (C=O) groups is 5. The molecule has 0 heterocycles. The molecule has 1 amide bonds. The summed E-state index contributed by atoms with van der Waals surface area (Å²) < 4.78 is 0. The second-order valence-corrected chi connectivity index (χ2v) is 14.0. The van der Waals surface area contributed by atoms with E-state index in [4.69, 9.17) is 0 Å². The molecule has 2 saturated carbocycles. The summed E-state index contributed by atoms with van der Waals surface area (Å²) in [4.78, 5) is 70.5. The minimum absolute atomic E-state index is 0.0664. The second kappa shape index (κ2) is 9.58. The van der Waals surface area contributed by atoms with Crippen LogP contribution in [-0.2, 0) is 37.4 Å². The van der Waals surface area contributed by atoms with Crippen molar-refractivity contribution in [2.24, 2.45) is 23.7 Å². The van der Waals surface area contributed by atoms with Crippen molar-refractivity contribution in [2.75, 3.05) is 14.1 Å². The van der Waals surface area contributed by atoms with E-state index in [1.807, 2.05) is 33.8 Å². The highest BCUT2D eigenvalue weighted by atomic mass is 16.3. The topological polar surface area (TPSA) is 141 Å². The third-order valence-corrected chi connectivity index (χ3v) is 8.82. The number of Topliss-reactive ketones (excluding diaryl/α,β-unsaturated/α-hetero) is 4. The zero-order valence-corrected chi connectivity index (χ0v) is 25.0. The number of hydrogen-bond donors (Lipinski definition) is 3. The SMILES string of the molecule is CCc1cc(C(C)(C)C)c(O)c2c1C[C@@H]1C[C@@H]3[C@@H](N(C)C)C(=O)C(C(=O)NC(C)(C)C)C(=O)[C@]3(O)C(=O)C1C2=O. The monoisotopic (exact) mass is 554 g/mol. The number of likely N-dealkylation sites (N-methyl/N-ethyl adjacent to an activating group) is 1. The van der Waals surface area contributed by atoms with Crippen molar-refractivity contribution in [2.45, 2.75) is 90.3 Å². The number of aliphatic hydroxyl groups is 1. The Kier molecular flexibility index (Phi) is 7.20. The van der Waals surface area contributed by atoms with Crippen LogP contribution in [0.4, 0.5) is 0 Å². The van der Waals surface area contributed by atoms with Gasteiger partial charge in [0.2, 0.25) is 5.91 Å². The fraction of sp³-hybridized carbons (Fsp3) is 0.645. The molecule has 218 valence electrons. The second-order valence-electron chi connectivity index (χ2n) is 14.0. The first kappa shape index (κ1) is 30.1. The number of carbonyl (C=O) groups excluding carboxylic acids is 5. The van der Waals surface area contributed by atoms with Gasteiger partial charge >= 0.3 is 0 Å². The molecule has 3 aliphatic rings. The summed E-state index contributed by atoms with van der Waals surface area (Å²) in [6.45, 7) is 12.8. The summed E-state index contributed by atoms with van der Waals surface area (Å²) in [5.74, 6) is -9.43. The van der Waals surface area contributed by atoms with Crippen molar-refractivity contribution >= 4 is 29.0 Å². The number of phenols is 1. The van der Waals surface area contributed by atoms with Crippen LogP contribution in [0.5, 0.6) is 5.75 Å². The van der Waals surface area contributed by atoms with Crippen molar-refractivity contribution in [3.8, 4) is 5.75 Å². The van der Waals surface area contributed by atoms with Crippen LogP contribution in [0.15, 0.2) is 6.07 Å². The Morgan fingerprint density at radius 2 is 1.68 bits per heavy atom. The molecule has 9 nitrogen and oxygen atoms in total. The van der Waals surface area contributed by atoms with Gasteiger partial charge in [-0.3, -0.25) is 28.9 Å². The highest BCUT2D eigenvalue weighted by Crippen LogP contribution is 2.52. The summed E-state index contributed by atoms with van der Waals surface area (Å²) >= 11 is 0. The molecule has 9 heteroatoms. The Morgan fingerprint density at radius 3 is 2.17 bits per heavy atom. The summed E-state index contributed by atoms with van der Waals surface area (Å²) in [6.07, 6.45) is 0.970. The van der Waals surface area contributed by atoms with Crippen molar-refractivity contribution in [1.82, 2.24) is 10.2 Å².